The SMILES string of the molecule is CN(CC1CCCC1O)C(=O)NCc1ccc(C(F)(F)F)cc1. The van der Waals surface area contributed by atoms with Crippen molar-refractivity contribution in [2.75, 3.05) is 13.6 Å². The smallest absolute Gasteiger partial charge is 0.393 e. The third kappa shape index (κ3) is 4.86. The van der Waals surface area contributed by atoms with Crippen LogP contribution in [0.25, 0.3) is 0 Å². The average molecular weight is 330 g/mol. The molecule has 0 saturated heterocycles. The molecule has 7 heteroatoms. The van der Waals surface area contributed by atoms with Gasteiger partial charge in [-0.3, -0.25) is 0 Å². The van der Waals surface area contributed by atoms with Crippen LogP contribution in [0.2, 0.25) is 0 Å². The van der Waals surface area contributed by atoms with Gasteiger partial charge in [0.1, 0.15) is 0 Å². The number of carbonyl (C=O) groups excluding carboxylic acids is 1. The molecular formula is C16H21F3N2O2. The Morgan fingerprint density at radius 2 is 1.96 bits per heavy atom. The highest BCUT2D eigenvalue weighted by Crippen LogP contribution is 2.29. The van der Waals surface area contributed by atoms with Crippen LogP contribution < -0.4 is 5.32 Å². The second-order valence-electron chi connectivity index (χ2n) is 5.99. The van der Waals surface area contributed by atoms with Crippen LogP contribution in [0.4, 0.5) is 18.0 Å². The number of benzene rings is 1. The Morgan fingerprint density at radius 3 is 2.48 bits per heavy atom. The van der Waals surface area contributed by atoms with Crippen LogP contribution in [0.3, 0.4) is 0 Å². The molecule has 0 spiro atoms. The molecule has 1 aliphatic rings. The summed E-state index contributed by atoms with van der Waals surface area (Å²) in [5.74, 6) is 0.0943. The van der Waals surface area contributed by atoms with Gasteiger partial charge in [-0.15, -0.1) is 0 Å². The Bertz CT molecular complexity index is 531. The minimum Gasteiger partial charge on any atom is -0.393 e. The molecule has 4 nitrogen and oxygen atoms in total. The fraction of sp³-hybridized carbons (Fsp3) is 0.562. The van der Waals surface area contributed by atoms with Gasteiger partial charge in [0.2, 0.25) is 0 Å². The number of nitrogens with zero attached hydrogens (tertiary/aromatic N) is 1. The van der Waals surface area contributed by atoms with Crippen molar-refractivity contribution in [1.29, 1.82) is 0 Å². The number of urea groups is 1. The van der Waals surface area contributed by atoms with E-state index in [1.54, 1.807) is 7.05 Å². The molecule has 0 aliphatic heterocycles. The summed E-state index contributed by atoms with van der Waals surface area (Å²) in [5, 5.41) is 12.4. The van der Waals surface area contributed by atoms with Crippen molar-refractivity contribution in [2.45, 2.75) is 38.1 Å². The lowest BCUT2D eigenvalue weighted by Gasteiger charge is -2.23. The van der Waals surface area contributed by atoms with Crippen molar-refractivity contribution in [3.63, 3.8) is 0 Å². The van der Waals surface area contributed by atoms with Gasteiger partial charge < -0.3 is 15.3 Å². The summed E-state index contributed by atoms with van der Waals surface area (Å²) in [7, 11) is 1.65. The van der Waals surface area contributed by atoms with Crippen molar-refractivity contribution < 1.29 is 23.1 Å². The van der Waals surface area contributed by atoms with Crippen LogP contribution in [0.15, 0.2) is 24.3 Å². The minimum absolute atomic E-state index is 0.0943. The van der Waals surface area contributed by atoms with Gasteiger partial charge in [0.25, 0.3) is 0 Å². The molecule has 1 aromatic carbocycles. The highest BCUT2D eigenvalue weighted by Gasteiger charge is 2.30. The normalized spacial score (nSPS) is 21.3. The zero-order valence-electron chi connectivity index (χ0n) is 12.9. The highest BCUT2D eigenvalue weighted by molar-refractivity contribution is 5.73. The molecule has 2 atom stereocenters. The summed E-state index contributed by atoms with van der Waals surface area (Å²) in [6, 6.07) is 4.40. The van der Waals surface area contributed by atoms with E-state index >= 15 is 0 Å². The first-order valence-electron chi connectivity index (χ1n) is 7.60. The van der Waals surface area contributed by atoms with E-state index in [1.165, 1.54) is 17.0 Å². The summed E-state index contributed by atoms with van der Waals surface area (Å²) in [6.45, 7) is 0.633. The minimum atomic E-state index is -4.36. The zero-order valence-corrected chi connectivity index (χ0v) is 12.9. The molecule has 0 heterocycles. The summed E-state index contributed by atoms with van der Waals surface area (Å²) in [4.78, 5) is 13.5. The number of alkyl halides is 3. The Kier molecular flexibility index (Phi) is 5.51. The average Bonchev–Trinajstić information content (AvgIpc) is 2.89. The summed E-state index contributed by atoms with van der Waals surface area (Å²) in [5.41, 5.74) is -0.111. The first kappa shape index (κ1) is 17.6. The monoisotopic (exact) mass is 330 g/mol. The van der Waals surface area contributed by atoms with Gasteiger partial charge in [-0.1, -0.05) is 18.6 Å². The predicted octanol–water partition coefficient (Wildman–Crippen LogP) is 3.01. The molecule has 1 aromatic rings. The number of amides is 2. The number of halogens is 3. The Labute approximate surface area is 133 Å². The van der Waals surface area contributed by atoms with Crippen molar-refractivity contribution in [3.05, 3.63) is 35.4 Å². The van der Waals surface area contributed by atoms with Crippen LogP contribution in [0.5, 0.6) is 0 Å². The number of nitrogens with one attached hydrogen (secondary N) is 1. The third-order valence-corrected chi connectivity index (χ3v) is 4.20. The fourth-order valence-corrected chi connectivity index (χ4v) is 2.79. The van der Waals surface area contributed by atoms with Crippen molar-refractivity contribution in [3.8, 4) is 0 Å². The maximum Gasteiger partial charge on any atom is 0.416 e. The highest BCUT2D eigenvalue weighted by atomic mass is 19.4. The second-order valence-corrected chi connectivity index (χ2v) is 5.99. The zero-order chi connectivity index (χ0) is 17.0. The lowest BCUT2D eigenvalue weighted by atomic mass is 10.1. The molecule has 2 N–H and O–H groups in total. The number of carbonyl (C=O) groups is 1. The van der Waals surface area contributed by atoms with E-state index in [-0.39, 0.29) is 24.6 Å². The van der Waals surface area contributed by atoms with E-state index in [9.17, 15) is 23.1 Å². The molecule has 1 fully saturated rings. The lowest BCUT2D eigenvalue weighted by Crippen LogP contribution is -2.40. The molecule has 0 aromatic heterocycles. The Balaban J connectivity index is 1.81. The summed E-state index contributed by atoms with van der Waals surface area (Å²) in [6.07, 6.45) is -2.08. The van der Waals surface area contributed by atoms with E-state index in [4.69, 9.17) is 0 Å². The van der Waals surface area contributed by atoms with Crippen LogP contribution in [-0.2, 0) is 12.7 Å². The molecule has 0 radical (unpaired) electrons. The number of hydrogen-bond donors (Lipinski definition) is 2. The molecule has 2 unspecified atom stereocenters. The maximum absolute atomic E-state index is 12.5. The number of aliphatic hydroxyl groups excluding tert-OH is 1. The molecule has 128 valence electrons. The van der Waals surface area contributed by atoms with E-state index < -0.39 is 11.7 Å². The fourth-order valence-electron chi connectivity index (χ4n) is 2.79. The van der Waals surface area contributed by atoms with Gasteiger partial charge in [0.05, 0.1) is 11.7 Å². The van der Waals surface area contributed by atoms with Gasteiger partial charge >= 0.3 is 12.2 Å². The van der Waals surface area contributed by atoms with Crippen LogP contribution in [0.1, 0.15) is 30.4 Å². The van der Waals surface area contributed by atoms with E-state index in [2.05, 4.69) is 5.32 Å². The number of rotatable bonds is 4. The van der Waals surface area contributed by atoms with Crippen molar-refractivity contribution in [2.24, 2.45) is 5.92 Å². The van der Waals surface area contributed by atoms with Gasteiger partial charge in [0, 0.05) is 26.1 Å². The molecule has 2 amide bonds. The Morgan fingerprint density at radius 1 is 1.30 bits per heavy atom. The molecule has 2 rings (SSSR count). The molecular weight excluding hydrogens is 309 g/mol. The van der Waals surface area contributed by atoms with E-state index in [0.717, 1.165) is 31.4 Å². The van der Waals surface area contributed by atoms with Gasteiger partial charge in [-0.2, -0.15) is 13.2 Å². The third-order valence-electron chi connectivity index (χ3n) is 4.20. The molecule has 1 aliphatic carbocycles. The predicted molar refractivity (Wildman–Crippen MR) is 79.7 cm³/mol. The maximum atomic E-state index is 12.5. The second kappa shape index (κ2) is 7.21. The van der Waals surface area contributed by atoms with E-state index in [1.807, 2.05) is 0 Å². The van der Waals surface area contributed by atoms with Crippen molar-refractivity contribution in [1.82, 2.24) is 10.2 Å². The summed E-state index contributed by atoms with van der Waals surface area (Å²) < 4.78 is 37.4. The molecule has 23 heavy (non-hydrogen) atoms. The van der Waals surface area contributed by atoms with Crippen molar-refractivity contribution >= 4 is 6.03 Å². The van der Waals surface area contributed by atoms with Gasteiger partial charge in [-0.05, 0) is 30.5 Å². The van der Waals surface area contributed by atoms with E-state index in [0.29, 0.717) is 12.1 Å². The molecule has 0 bridgehead atoms. The van der Waals surface area contributed by atoms with Crippen LogP contribution >= 0.6 is 0 Å². The Hall–Kier alpha value is -1.76. The molecule has 1 saturated carbocycles. The van der Waals surface area contributed by atoms with Gasteiger partial charge in [-0.25, -0.2) is 4.79 Å². The lowest BCUT2D eigenvalue weighted by molar-refractivity contribution is -0.137. The number of hydrogen-bond acceptors (Lipinski definition) is 2. The summed E-state index contributed by atoms with van der Waals surface area (Å²) >= 11 is 0. The topological polar surface area (TPSA) is 52.6 Å². The van der Waals surface area contributed by atoms with Crippen LogP contribution in [0, 0.1) is 5.92 Å². The standard InChI is InChI=1S/C16H21F3N2O2/c1-21(10-12-3-2-4-14(12)22)15(23)20-9-11-5-7-13(8-6-11)16(17,18)19/h5-8,12,14,22H,2-4,9-10H2,1H3,(H,20,23). The van der Waals surface area contributed by atoms with Crippen LogP contribution in [-0.4, -0.2) is 35.7 Å². The quantitative estimate of drug-likeness (QED) is 0.892. The first-order chi connectivity index (χ1) is 10.8. The van der Waals surface area contributed by atoms with Gasteiger partial charge in [0.15, 0.2) is 0 Å². The number of aliphatic hydroxyl groups is 1. The first-order valence-corrected chi connectivity index (χ1v) is 7.60. The largest absolute Gasteiger partial charge is 0.416 e.